The lowest BCUT2D eigenvalue weighted by atomic mass is 9.96. The Hall–Kier alpha value is -2.48. The zero-order chi connectivity index (χ0) is 17.8. The minimum atomic E-state index is -0.440. The number of anilines is 2. The van der Waals surface area contributed by atoms with E-state index in [4.69, 9.17) is 4.74 Å². The average molecular weight is 360 g/mol. The van der Waals surface area contributed by atoms with Gasteiger partial charge in [0.1, 0.15) is 5.00 Å². The van der Waals surface area contributed by atoms with E-state index >= 15 is 0 Å². The number of carbonyl (C=O) groups excluding carboxylic acids is 2. The number of aryl methyl sites for hydroxylation is 1. The monoisotopic (exact) mass is 360 g/mol. The van der Waals surface area contributed by atoms with Crippen molar-refractivity contribution < 1.29 is 14.3 Å². The van der Waals surface area contributed by atoms with Gasteiger partial charge in [-0.25, -0.2) is 4.79 Å². The molecule has 3 rings (SSSR count). The Morgan fingerprint density at radius 2 is 2.00 bits per heavy atom. The van der Waals surface area contributed by atoms with Gasteiger partial charge in [0, 0.05) is 19.0 Å². The van der Waals surface area contributed by atoms with Gasteiger partial charge in [0.15, 0.2) is 5.82 Å². The number of amides is 1. The third kappa shape index (κ3) is 3.96. The zero-order valence-electron chi connectivity index (χ0n) is 14.2. The van der Waals surface area contributed by atoms with E-state index in [9.17, 15) is 9.59 Å². The van der Waals surface area contributed by atoms with Crippen LogP contribution in [-0.4, -0.2) is 42.3 Å². The summed E-state index contributed by atoms with van der Waals surface area (Å²) in [6.45, 7) is 3.41. The molecule has 1 aliphatic rings. The SMILES string of the molecule is COC(=O)c1ccsc1NC(=O)C1CCN(c2ccc(C)nn2)CC1. The fraction of sp³-hybridized carbons (Fsp3) is 0.412. The fourth-order valence-electron chi connectivity index (χ4n) is 2.82. The molecule has 0 atom stereocenters. The van der Waals surface area contributed by atoms with Crippen molar-refractivity contribution in [1.82, 2.24) is 10.2 Å². The van der Waals surface area contributed by atoms with Crippen LogP contribution in [0.15, 0.2) is 23.6 Å². The summed E-state index contributed by atoms with van der Waals surface area (Å²) in [5.74, 6) is 0.268. The molecule has 1 aliphatic heterocycles. The average Bonchev–Trinajstić information content (AvgIpc) is 3.10. The molecule has 2 aromatic heterocycles. The third-order valence-electron chi connectivity index (χ3n) is 4.28. The normalized spacial score (nSPS) is 15.0. The number of hydrogen-bond acceptors (Lipinski definition) is 7. The van der Waals surface area contributed by atoms with Crippen LogP contribution >= 0.6 is 11.3 Å². The largest absolute Gasteiger partial charge is 0.465 e. The summed E-state index contributed by atoms with van der Waals surface area (Å²) in [5, 5.41) is 13.5. The molecule has 0 saturated carbocycles. The summed E-state index contributed by atoms with van der Waals surface area (Å²) >= 11 is 1.32. The van der Waals surface area contributed by atoms with E-state index in [0.717, 1.165) is 37.4 Å². The first-order chi connectivity index (χ1) is 12.1. The Kier molecular flexibility index (Phi) is 5.28. The van der Waals surface area contributed by atoms with E-state index in [1.54, 1.807) is 11.4 Å². The maximum Gasteiger partial charge on any atom is 0.340 e. The summed E-state index contributed by atoms with van der Waals surface area (Å²) in [5.41, 5.74) is 1.28. The molecule has 1 amide bonds. The minimum Gasteiger partial charge on any atom is -0.465 e. The highest BCUT2D eigenvalue weighted by molar-refractivity contribution is 7.14. The lowest BCUT2D eigenvalue weighted by Crippen LogP contribution is -2.38. The van der Waals surface area contributed by atoms with Gasteiger partial charge in [-0.2, -0.15) is 5.10 Å². The Bertz CT molecular complexity index is 752. The number of nitrogens with zero attached hydrogens (tertiary/aromatic N) is 3. The molecule has 0 unspecified atom stereocenters. The van der Waals surface area contributed by atoms with E-state index in [0.29, 0.717) is 10.6 Å². The smallest absolute Gasteiger partial charge is 0.340 e. The van der Waals surface area contributed by atoms with Crippen molar-refractivity contribution in [1.29, 1.82) is 0 Å². The van der Waals surface area contributed by atoms with Crippen molar-refractivity contribution >= 4 is 34.0 Å². The third-order valence-corrected chi connectivity index (χ3v) is 5.11. The van der Waals surface area contributed by atoms with Gasteiger partial charge in [0.25, 0.3) is 0 Å². The molecule has 0 aromatic carbocycles. The molecule has 3 heterocycles. The molecule has 25 heavy (non-hydrogen) atoms. The van der Waals surface area contributed by atoms with Gasteiger partial charge in [0.05, 0.1) is 18.4 Å². The number of aromatic nitrogens is 2. The molecular formula is C17H20N4O3S. The number of rotatable bonds is 4. The van der Waals surface area contributed by atoms with Crippen LogP contribution in [0.5, 0.6) is 0 Å². The summed E-state index contributed by atoms with van der Waals surface area (Å²) in [6, 6.07) is 5.55. The van der Waals surface area contributed by atoms with E-state index < -0.39 is 5.97 Å². The molecule has 0 aliphatic carbocycles. The van der Waals surface area contributed by atoms with Crippen molar-refractivity contribution in [2.45, 2.75) is 19.8 Å². The van der Waals surface area contributed by atoms with E-state index in [-0.39, 0.29) is 11.8 Å². The van der Waals surface area contributed by atoms with Crippen LogP contribution in [0, 0.1) is 12.8 Å². The second kappa shape index (κ2) is 7.60. The molecule has 0 bridgehead atoms. The van der Waals surface area contributed by atoms with Gasteiger partial charge < -0.3 is 15.0 Å². The van der Waals surface area contributed by atoms with E-state index in [2.05, 4.69) is 20.4 Å². The Morgan fingerprint density at radius 3 is 2.64 bits per heavy atom. The summed E-state index contributed by atoms with van der Waals surface area (Å²) in [4.78, 5) is 26.3. The number of carbonyl (C=O) groups is 2. The summed E-state index contributed by atoms with van der Waals surface area (Å²) in [6.07, 6.45) is 1.47. The molecule has 0 spiro atoms. The molecule has 1 N–H and O–H groups in total. The topological polar surface area (TPSA) is 84.4 Å². The molecule has 1 fully saturated rings. The number of thiophene rings is 1. The first kappa shape index (κ1) is 17.3. The van der Waals surface area contributed by atoms with Crippen LogP contribution in [0.1, 0.15) is 28.9 Å². The van der Waals surface area contributed by atoms with Crippen LogP contribution in [0.25, 0.3) is 0 Å². The first-order valence-electron chi connectivity index (χ1n) is 8.10. The van der Waals surface area contributed by atoms with Crippen molar-refractivity contribution in [3.8, 4) is 0 Å². The number of piperidine rings is 1. The number of esters is 1. The minimum absolute atomic E-state index is 0.0535. The van der Waals surface area contributed by atoms with Gasteiger partial charge in [-0.05, 0) is 43.3 Å². The zero-order valence-corrected chi connectivity index (χ0v) is 15.0. The number of ether oxygens (including phenoxy) is 1. The highest BCUT2D eigenvalue weighted by atomic mass is 32.1. The van der Waals surface area contributed by atoms with E-state index in [1.807, 2.05) is 19.1 Å². The lowest BCUT2D eigenvalue weighted by molar-refractivity contribution is -0.120. The number of methoxy groups -OCH3 is 1. The Labute approximate surface area is 150 Å². The molecule has 1 saturated heterocycles. The van der Waals surface area contributed by atoms with Crippen LogP contribution in [0.2, 0.25) is 0 Å². The van der Waals surface area contributed by atoms with Gasteiger partial charge in [-0.3, -0.25) is 4.79 Å². The number of hydrogen-bond donors (Lipinski definition) is 1. The van der Waals surface area contributed by atoms with E-state index in [1.165, 1.54) is 18.4 Å². The predicted molar refractivity (Wildman–Crippen MR) is 96.0 cm³/mol. The van der Waals surface area contributed by atoms with Crippen LogP contribution < -0.4 is 10.2 Å². The molecule has 2 aromatic rings. The van der Waals surface area contributed by atoms with Crippen molar-refractivity contribution in [2.24, 2.45) is 5.92 Å². The quantitative estimate of drug-likeness (QED) is 0.843. The van der Waals surface area contributed by atoms with Crippen LogP contribution in [0.4, 0.5) is 10.8 Å². The molecule has 0 radical (unpaired) electrons. The maximum absolute atomic E-state index is 12.5. The van der Waals surface area contributed by atoms with Gasteiger partial charge in [-0.15, -0.1) is 16.4 Å². The predicted octanol–water partition coefficient (Wildman–Crippen LogP) is 2.49. The summed E-state index contributed by atoms with van der Waals surface area (Å²) < 4.78 is 4.73. The van der Waals surface area contributed by atoms with Crippen LogP contribution in [-0.2, 0) is 9.53 Å². The highest BCUT2D eigenvalue weighted by Gasteiger charge is 2.27. The first-order valence-corrected chi connectivity index (χ1v) is 8.98. The van der Waals surface area contributed by atoms with Crippen molar-refractivity contribution in [2.75, 3.05) is 30.4 Å². The van der Waals surface area contributed by atoms with Crippen molar-refractivity contribution in [3.05, 3.63) is 34.8 Å². The number of nitrogens with one attached hydrogen (secondary N) is 1. The van der Waals surface area contributed by atoms with Crippen LogP contribution in [0.3, 0.4) is 0 Å². The standard InChI is InChI=1S/C17H20N4O3S/c1-11-3-4-14(20-19-11)21-8-5-12(6-9-21)15(22)18-16-13(7-10-25-16)17(23)24-2/h3-4,7,10,12H,5-6,8-9H2,1-2H3,(H,18,22). The second-order valence-electron chi connectivity index (χ2n) is 5.94. The highest BCUT2D eigenvalue weighted by Crippen LogP contribution is 2.27. The molecular weight excluding hydrogens is 340 g/mol. The van der Waals surface area contributed by atoms with Gasteiger partial charge in [0.2, 0.25) is 5.91 Å². The summed E-state index contributed by atoms with van der Waals surface area (Å²) in [7, 11) is 1.33. The van der Waals surface area contributed by atoms with Gasteiger partial charge >= 0.3 is 5.97 Å². The molecule has 8 heteroatoms. The lowest BCUT2D eigenvalue weighted by Gasteiger charge is -2.31. The second-order valence-corrected chi connectivity index (χ2v) is 6.85. The molecule has 132 valence electrons. The fourth-order valence-corrected chi connectivity index (χ4v) is 3.60. The van der Waals surface area contributed by atoms with Crippen molar-refractivity contribution in [3.63, 3.8) is 0 Å². The Balaban J connectivity index is 1.58. The molecule has 7 nitrogen and oxygen atoms in total. The van der Waals surface area contributed by atoms with Gasteiger partial charge in [-0.1, -0.05) is 0 Å². The maximum atomic E-state index is 12.5. The Morgan fingerprint density at radius 1 is 1.24 bits per heavy atom.